The first-order chi connectivity index (χ1) is 8.63. The van der Waals surface area contributed by atoms with E-state index in [1.165, 1.54) is 0 Å². The van der Waals surface area contributed by atoms with Crippen molar-refractivity contribution in [3.63, 3.8) is 0 Å². The molecule has 1 heterocycles. The number of fused-ring (bicyclic) bond motifs is 1. The molecule has 1 unspecified atom stereocenters. The van der Waals surface area contributed by atoms with E-state index in [2.05, 4.69) is 0 Å². The lowest BCUT2D eigenvalue weighted by atomic mass is 9.88. The zero-order chi connectivity index (χ0) is 13.3. The highest BCUT2D eigenvalue weighted by Crippen LogP contribution is 2.40. The van der Waals surface area contributed by atoms with Crippen LogP contribution >= 0.6 is 0 Å². The van der Waals surface area contributed by atoms with E-state index in [1.807, 2.05) is 0 Å². The lowest BCUT2D eigenvalue weighted by Gasteiger charge is -2.32. The zero-order valence-electron chi connectivity index (χ0n) is 10.9. The van der Waals surface area contributed by atoms with Crippen molar-refractivity contribution in [2.24, 2.45) is 5.73 Å². The van der Waals surface area contributed by atoms with Crippen LogP contribution in [-0.4, -0.2) is 45.2 Å². The maximum atomic E-state index is 12.1. The quantitative estimate of drug-likeness (QED) is 0.863. The van der Waals surface area contributed by atoms with Crippen molar-refractivity contribution >= 4 is 5.91 Å². The molecular weight excluding hydrogens is 232 g/mol. The SMILES string of the molecule is COc1ccc2c(c1OC)C(CN)CN(C)C2=O. The summed E-state index contributed by atoms with van der Waals surface area (Å²) in [5.41, 5.74) is 7.32. The van der Waals surface area contributed by atoms with Crippen molar-refractivity contribution in [3.8, 4) is 11.5 Å². The van der Waals surface area contributed by atoms with Crippen molar-refractivity contribution in [3.05, 3.63) is 23.3 Å². The molecule has 0 aromatic heterocycles. The smallest absolute Gasteiger partial charge is 0.254 e. The Morgan fingerprint density at radius 3 is 2.67 bits per heavy atom. The molecule has 2 rings (SSSR count). The van der Waals surface area contributed by atoms with E-state index in [1.54, 1.807) is 38.3 Å². The minimum atomic E-state index is -0.00402. The van der Waals surface area contributed by atoms with Crippen LogP contribution in [0.5, 0.6) is 11.5 Å². The number of nitrogens with zero attached hydrogens (tertiary/aromatic N) is 1. The monoisotopic (exact) mass is 250 g/mol. The number of hydrogen-bond acceptors (Lipinski definition) is 4. The molecule has 1 aromatic rings. The largest absolute Gasteiger partial charge is 0.493 e. The van der Waals surface area contributed by atoms with Gasteiger partial charge in [-0.05, 0) is 12.1 Å². The number of carbonyl (C=O) groups is 1. The van der Waals surface area contributed by atoms with Crippen LogP contribution in [0.3, 0.4) is 0 Å². The maximum absolute atomic E-state index is 12.1. The van der Waals surface area contributed by atoms with E-state index < -0.39 is 0 Å². The Hall–Kier alpha value is -1.75. The summed E-state index contributed by atoms with van der Waals surface area (Å²) in [6.07, 6.45) is 0. The lowest BCUT2D eigenvalue weighted by molar-refractivity contribution is 0.0764. The Bertz CT molecular complexity index is 474. The van der Waals surface area contributed by atoms with E-state index in [9.17, 15) is 4.79 Å². The molecule has 1 atom stereocenters. The first-order valence-corrected chi connectivity index (χ1v) is 5.84. The molecule has 0 aliphatic carbocycles. The number of ether oxygens (including phenoxy) is 2. The average Bonchev–Trinajstić information content (AvgIpc) is 2.41. The molecular formula is C13H18N2O3. The van der Waals surface area contributed by atoms with E-state index in [-0.39, 0.29) is 11.8 Å². The highest BCUT2D eigenvalue weighted by atomic mass is 16.5. The predicted molar refractivity (Wildman–Crippen MR) is 68.3 cm³/mol. The van der Waals surface area contributed by atoms with E-state index in [0.29, 0.717) is 30.2 Å². The highest BCUT2D eigenvalue weighted by Gasteiger charge is 2.32. The van der Waals surface area contributed by atoms with Crippen LogP contribution in [0.4, 0.5) is 0 Å². The molecule has 0 radical (unpaired) electrons. The molecule has 1 aliphatic rings. The van der Waals surface area contributed by atoms with E-state index in [4.69, 9.17) is 15.2 Å². The van der Waals surface area contributed by atoms with E-state index >= 15 is 0 Å². The van der Waals surface area contributed by atoms with Crippen LogP contribution in [0.1, 0.15) is 21.8 Å². The minimum absolute atomic E-state index is 0.00402. The summed E-state index contributed by atoms with van der Waals surface area (Å²) < 4.78 is 10.7. The van der Waals surface area contributed by atoms with Gasteiger partial charge in [-0.3, -0.25) is 4.79 Å². The van der Waals surface area contributed by atoms with Crippen LogP contribution in [0.25, 0.3) is 0 Å². The number of rotatable bonds is 3. The topological polar surface area (TPSA) is 64.8 Å². The maximum Gasteiger partial charge on any atom is 0.254 e. The Balaban J connectivity index is 2.65. The summed E-state index contributed by atoms with van der Waals surface area (Å²) in [5.74, 6) is 1.32. The van der Waals surface area contributed by atoms with Gasteiger partial charge in [0.2, 0.25) is 0 Å². The Labute approximate surface area is 106 Å². The second-order valence-electron chi connectivity index (χ2n) is 4.38. The average molecular weight is 250 g/mol. The van der Waals surface area contributed by atoms with Crippen LogP contribution in [0.2, 0.25) is 0 Å². The Kier molecular flexibility index (Phi) is 3.43. The summed E-state index contributed by atoms with van der Waals surface area (Å²) in [6, 6.07) is 3.53. The number of carbonyl (C=O) groups excluding carboxylic acids is 1. The Morgan fingerprint density at radius 2 is 2.11 bits per heavy atom. The molecule has 0 saturated heterocycles. The molecule has 1 aliphatic heterocycles. The number of nitrogens with two attached hydrogens (primary N) is 1. The van der Waals surface area contributed by atoms with Crippen molar-refractivity contribution in [1.29, 1.82) is 0 Å². The molecule has 0 bridgehead atoms. The standard InChI is InChI=1S/C13H18N2O3/c1-15-7-8(6-14)11-9(13(15)16)4-5-10(17-2)12(11)18-3/h4-5,8H,6-7,14H2,1-3H3. The molecule has 0 spiro atoms. The number of hydrogen-bond donors (Lipinski definition) is 1. The van der Waals surface area contributed by atoms with Gasteiger partial charge in [0.25, 0.3) is 5.91 Å². The van der Waals surface area contributed by atoms with Crippen molar-refractivity contribution in [2.75, 3.05) is 34.4 Å². The summed E-state index contributed by atoms with van der Waals surface area (Å²) >= 11 is 0. The van der Waals surface area contributed by atoms with Crippen LogP contribution in [-0.2, 0) is 0 Å². The first kappa shape index (κ1) is 12.7. The highest BCUT2D eigenvalue weighted by molar-refractivity contribution is 5.98. The first-order valence-electron chi connectivity index (χ1n) is 5.84. The third-order valence-corrected chi connectivity index (χ3v) is 3.35. The lowest BCUT2D eigenvalue weighted by Crippen LogP contribution is -2.39. The number of benzene rings is 1. The summed E-state index contributed by atoms with van der Waals surface area (Å²) in [5, 5.41) is 0. The third-order valence-electron chi connectivity index (χ3n) is 3.35. The molecule has 0 fully saturated rings. The second kappa shape index (κ2) is 4.86. The molecule has 5 nitrogen and oxygen atoms in total. The fraction of sp³-hybridized carbons (Fsp3) is 0.462. The molecule has 1 aromatic carbocycles. The van der Waals surface area contributed by atoms with Crippen LogP contribution in [0.15, 0.2) is 12.1 Å². The molecule has 5 heteroatoms. The number of likely N-dealkylation sites (N-methyl/N-ethyl adjacent to an activating group) is 1. The summed E-state index contributed by atoms with van der Waals surface area (Å²) in [6.45, 7) is 1.07. The van der Waals surface area contributed by atoms with Gasteiger partial charge >= 0.3 is 0 Å². The van der Waals surface area contributed by atoms with Gasteiger partial charge in [-0.2, -0.15) is 0 Å². The predicted octanol–water partition coefficient (Wildman–Crippen LogP) is 0.832. The molecule has 1 amide bonds. The van der Waals surface area contributed by atoms with Crippen LogP contribution < -0.4 is 15.2 Å². The van der Waals surface area contributed by atoms with E-state index in [0.717, 1.165) is 5.56 Å². The fourth-order valence-corrected chi connectivity index (χ4v) is 2.45. The van der Waals surface area contributed by atoms with Crippen molar-refractivity contribution in [2.45, 2.75) is 5.92 Å². The van der Waals surface area contributed by atoms with Gasteiger partial charge in [0.1, 0.15) is 0 Å². The van der Waals surface area contributed by atoms with Crippen molar-refractivity contribution in [1.82, 2.24) is 4.90 Å². The van der Waals surface area contributed by atoms with Gasteiger partial charge in [0.15, 0.2) is 11.5 Å². The molecule has 18 heavy (non-hydrogen) atoms. The zero-order valence-corrected chi connectivity index (χ0v) is 10.9. The normalized spacial score (nSPS) is 18.6. The fourth-order valence-electron chi connectivity index (χ4n) is 2.45. The van der Waals surface area contributed by atoms with Gasteiger partial charge in [-0.25, -0.2) is 0 Å². The molecule has 0 saturated carbocycles. The third kappa shape index (κ3) is 1.80. The Morgan fingerprint density at radius 1 is 1.39 bits per heavy atom. The van der Waals surface area contributed by atoms with Gasteiger partial charge in [0, 0.05) is 37.2 Å². The summed E-state index contributed by atoms with van der Waals surface area (Å²) in [4.78, 5) is 13.8. The van der Waals surface area contributed by atoms with Gasteiger partial charge in [-0.1, -0.05) is 0 Å². The molecule has 2 N–H and O–H groups in total. The summed E-state index contributed by atoms with van der Waals surface area (Å²) in [7, 11) is 4.94. The van der Waals surface area contributed by atoms with Gasteiger partial charge in [0.05, 0.1) is 14.2 Å². The number of methoxy groups -OCH3 is 2. The molecule has 98 valence electrons. The van der Waals surface area contributed by atoms with Crippen LogP contribution in [0, 0.1) is 0 Å². The second-order valence-corrected chi connectivity index (χ2v) is 4.38. The minimum Gasteiger partial charge on any atom is -0.493 e. The number of amides is 1. The van der Waals surface area contributed by atoms with Gasteiger partial charge < -0.3 is 20.1 Å². The van der Waals surface area contributed by atoms with Gasteiger partial charge in [-0.15, -0.1) is 0 Å². The van der Waals surface area contributed by atoms with Crippen molar-refractivity contribution < 1.29 is 14.3 Å².